The van der Waals surface area contributed by atoms with Crippen LogP contribution in [0.25, 0.3) is 0 Å². The van der Waals surface area contributed by atoms with E-state index in [1.54, 1.807) is 0 Å². The van der Waals surface area contributed by atoms with Crippen molar-refractivity contribution < 1.29 is 0 Å². The molecule has 1 N–H and O–H groups in total. The zero-order valence-electron chi connectivity index (χ0n) is 11.9. The Labute approximate surface area is 115 Å². The van der Waals surface area contributed by atoms with Gasteiger partial charge in [-0.3, -0.25) is 4.68 Å². The molecular weight excluding hydrogens is 236 g/mol. The molecule has 0 amide bonds. The molecule has 0 saturated carbocycles. The Morgan fingerprint density at radius 2 is 2.05 bits per heavy atom. The molecule has 0 aliphatic rings. The van der Waals surface area contributed by atoms with Gasteiger partial charge in [0.15, 0.2) is 0 Å². The van der Waals surface area contributed by atoms with E-state index < -0.39 is 0 Å². The average Bonchev–Trinajstić information content (AvgIpc) is 2.85. The molecule has 1 aromatic carbocycles. The Bertz CT molecular complexity index is 516. The van der Waals surface area contributed by atoms with E-state index >= 15 is 0 Å². The quantitative estimate of drug-likeness (QED) is 0.864. The van der Waals surface area contributed by atoms with Crippen LogP contribution in [0.4, 0.5) is 5.69 Å². The molecule has 19 heavy (non-hydrogen) atoms. The number of aromatic nitrogens is 2. The van der Waals surface area contributed by atoms with E-state index in [0.29, 0.717) is 0 Å². The third kappa shape index (κ3) is 3.83. The summed E-state index contributed by atoms with van der Waals surface area (Å²) in [6.07, 6.45) is 4.01. The number of para-hydroxylation sites is 1. The standard InChI is InChI=1S/C15H22N4/c1-4-19-11-13(10-17-19)9-16-15-8-6-5-7-14(15)12-18(2)3/h5-8,10-11,16H,4,9,12H2,1-3H3. The lowest BCUT2D eigenvalue weighted by Gasteiger charge is -2.15. The summed E-state index contributed by atoms with van der Waals surface area (Å²) >= 11 is 0. The summed E-state index contributed by atoms with van der Waals surface area (Å²) in [7, 11) is 4.17. The van der Waals surface area contributed by atoms with E-state index in [2.05, 4.69) is 66.8 Å². The van der Waals surface area contributed by atoms with Gasteiger partial charge in [0.25, 0.3) is 0 Å². The summed E-state index contributed by atoms with van der Waals surface area (Å²) in [5.74, 6) is 0. The normalized spacial score (nSPS) is 10.9. The van der Waals surface area contributed by atoms with Crippen molar-refractivity contribution in [3.63, 3.8) is 0 Å². The molecule has 4 heteroatoms. The smallest absolute Gasteiger partial charge is 0.0539 e. The zero-order valence-corrected chi connectivity index (χ0v) is 11.9. The van der Waals surface area contributed by atoms with E-state index in [9.17, 15) is 0 Å². The number of nitrogens with one attached hydrogen (secondary N) is 1. The van der Waals surface area contributed by atoms with Crippen LogP contribution in [0.5, 0.6) is 0 Å². The van der Waals surface area contributed by atoms with Crippen LogP contribution in [0, 0.1) is 0 Å². The first kappa shape index (κ1) is 13.6. The van der Waals surface area contributed by atoms with E-state index in [0.717, 1.165) is 19.6 Å². The van der Waals surface area contributed by atoms with Crippen LogP contribution in [0.2, 0.25) is 0 Å². The molecule has 2 aromatic rings. The lowest BCUT2D eigenvalue weighted by Crippen LogP contribution is -2.12. The fraction of sp³-hybridized carbons (Fsp3) is 0.400. The molecule has 0 radical (unpaired) electrons. The Morgan fingerprint density at radius 3 is 2.74 bits per heavy atom. The maximum atomic E-state index is 4.29. The fourth-order valence-electron chi connectivity index (χ4n) is 2.04. The summed E-state index contributed by atoms with van der Waals surface area (Å²) in [6, 6.07) is 8.44. The number of benzene rings is 1. The average molecular weight is 258 g/mol. The van der Waals surface area contributed by atoms with E-state index in [4.69, 9.17) is 0 Å². The van der Waals surface area contributed by atoms with Gasteiger partial charge in [0.05, 0.1) is 6.20 Å². The SMILES string of the molecule is CCn1cc(CNc2ccccc2CN(C)C)cn1. The Balaban J connectivity index is 2.02. The van der Waals surface area contributed by atoms with Crippen molar-refractivity contribution >= 4 is 5.69 Å². The monoisotopic (exact) mass is 258 g/mol. The van der Waals surface area contributed by atoms with Crippen LogP contribution < -0.4 is 5.32 Å². The first-order chi connectivity index (χ1) is 9.19. The molecule has 1 heterocycles. The third-order valence-electron chi connectivity index (χ3n) is 3.00. The predicted molar refractivity (Wildman–Crippen MR) is 79.1 cm³/mol. The number of rotatable bonds is 6. The Kier molecular flexibility index (Phi) is 4.58. The highest BCUT2D eigenvalue weighted by Gasteiger charge is 2.03. The molecule has 0 unspecified atom stereocenters. The second kappa shape index (κ2) is 6.38. The molecule has 2 rings (SSSR count). The molecule has 0 fully saturated rings. The van der Waals surface area contributed by atoms with E-state index in [1.165, 1.54) is 16.8 Å². The van der Waals surface area contributed by atoms with Crippen molar-refractivity contribution in [3.8, 4) is 0 Å². The van der Waals surface area contributed by atoms with Crippen molar-refractivity contribution in [3.05, 3.63) is 47.8 Å². The molecule has 0 saturated heterocycles. The number of hydrogen-bond acceptors (Lipinski definition) is 3. The van der Waals surface area contributed by atoms with Gasteiger partial charge in [-0.05, 0) is 32.6 Å². The van der Waals surface area contributed by atoms with Crippen LogP contribution in [0.3, 0.4) is 0 Å². The van der Waals surface area contributed by atoms with Crippen LogP contribution >= 0.6 is 0 Å². The lowest BCUT2D eigenvalue weighted by molar-refractivity contribution is 0.403. The summed E-state index contributed by atoms with van der Waals surface area (Å²) < 4.78 is 1.95. The van der Waals surface area contributed by atoms with E-state index in [1.807, 2.05) is 10.9 Å². The van der Waals surface area contributed by atoms with Crippen molar-refractivity contribution in [1.82, 2.24) is 14.7 Å². The van der Waals surface area contributed by atoms with Gasteiger partial charge in [-0.1, -0.05) is 18.2 Å². The van der Waals surface area contributed by atoms with Gasteiger partial charge in [-0.15, -0.1) is 0 Å². The summed E-state index contributed by atoms with van der Waals surface area (Å²) in [5.41, 5.74) is 3.72. The highest BCUT2D eigenvalue weighted by molar-refractivity contribution is 5.51. The number of nitrogens with zero attached hydrogens (tertiary/aromatic N) is 3. The third-order valence-corrected chi connectivity index (χ3v) is 3.00. The zero-order chi connectivity index (χ0) is 13.7. The first-order valence-electron chi connectivity index (χ1n) is 6.67. The highest BCUT2D eigenvalue weighted by atomic mass is 15.3. The summed E-state index contributed by atoms with van der Waals surface area (Å²) in [4.78, 5) is 2.18. The van der Waals surface area contributed by atoms with Gasteiger partial charge in [-0.2, -0.15) is 5.10 Å². The van der Waals surface area contributed by atoms with Crippen LogP contribution in [-0.2, 0) is 19.6 Å². The molecule has 102 valence electrons. The number of anilines is 1. The first-order valence-corrected chi connectivity index (χ1v) is 6.67. The minimum Gasteiger partial charge on any atom is -0.381 e. The second-order valence-electron chi connectivity index (χ2n) is 4.95. The van der Waals surface area contributed by atoms with Gasteiger partial charge in [0.1, 0.15) is 0 Å². The molecule has 0 spiro atoms. The van der Waals surface area contributed by atoms with Gasteiger partial charge >= 0.3 is 0 Å². The molecule has 0 atom stereocenters. The van der Waals surface area contributed by atoms with Crippen molar-refractivity contribution in [2.24, 2.45) is 0 Å². The van der Waals surface area contributed by atoms with Crippen molar-refractivity contribution in [2.45, 2.75) is 26.6 Å². The predicted octanol–water partition coefficient (Wildman–Crippen LogP) is 2.58. The van der Waals surface area contributed by atoms with Crippen LogP contribution in [-0.4, -0.2) is 28.8 Å². The largest absolute Gasteiger partial charge is 0.381 e. The number of aryl methyl sites for hydroxylation is 1. The molecule has 4 nitrogen and oxygen atoms in total. The van der Waals surface area contributed by atoms with Crippen LogP contribution in [0.15, 0.2) is 36.7 Å². The number of hydrogen-bond donors (Lipinski definition) is 1. The Morgan fingerprint density at radius 1 is 1.26 bits per heavy atom. The molecule has 0 aliphatic heterocycles. The minimum atomic E-state index is 0.810. The fourth-order valence-corrected chi connectivity index (χ4v) is 2.04. The summed E-state index contributed by atoms with van der Waals surface area (Å²) in [6.45, 7) is 4.76. The lowest BCUT2D eigenvalue weighted by atomic mass is 10.1. The highest BCUT2D eigenvalue weighted by Crippen LogP contribution is 2.17. The molecule has 1 aromatic heterocycles. The second-order valence-corrected chi connectivity index (χ2v) is 4.95. The van der Waals surface area contributed by atoms with Gasteiger partial charge < -0.3 is 10.2 Å². The van der Waals surface area contributed by atoms with Gasteiger partial charge in [0, 0.05) is 37.1 Å². The van der Waals surface area contributed by atoms with Crippen LogP contribution in [0.1, 0.15) is 18.1 Å². The van der Waals surface area contributed by atoms with Gasteiger partial charge in [0.2, 0.25) is 0 Å². The molecule has 0 aliphatic carbocycles. The van der Waals surface area contributed by atoms with Crippen molar-refractivity contribution in [1.29, 1.82) is 0 Å². The maximum Gasteiger partial charge on any atom is 0.0539 e. The minimum absolute atomic E-state index is 0.810. The summed E-state index contributed by atoms with van der Waals surface area (Å²) in [5, 5.41) is 7.78. The molecular formula is C15H22N4. The van der Waals surface area contributed by atoms with E-state index in [-0.39, 0.29) is 0 Å². The molecule has 0 bridgehead atoms. The topological polar surface area (TPSA) is 33.1 Å². The van der Waals surface area contributed by atoms with Gasteiger partial charge in [-0.25, -0.2) is 0 Å². The van der Waals surface area contributed by atoms with Crippen molar-refractivity contribution in [2.75, 3.05) is 19.4 Å². The Hall–Kier alpha value is -1.81. The maximum absolute atomic E-state index is 4.29.